The van der Waals surface area contributed by atoms with Crippen molar-refractivity contribution in [2.45, 2.75) is 0 Å². The summed E-state index contributed by atoms with van der Waals surface area (Å²) in [6.45, 7) is 0. The van der Waals surface area contributed by atoms with Crippen LogP contribution in [0, 0.1) is 0 Å². The largest absolute Gasteiger partial charge is 0.367 e. The first-order valence-electron chi connectivity index (χ1n) is 1.50. The summed E-state index contributed by atoms with van der Waals surface area (Å²) in [6.07, 6.45) is 2.73. The molecule has 0 saturated carbocycles. The third kappa shape index (κ3) is 1.45. The summed E-state index contributed by atoms with van der Waals surface area (Å²) >= 11 is 0. The van der Waals surface area contributed by atoms with Gasteiger partial charge in [0.1, 0.15) is 0 Å². The van der Waals surface area contributed by atoms with Crippen molar-refractivity contribution in [2.75, 3.05) is 0 Å². The van der Waals surface area contributed by atoms with Crippen LogP contribution in [0.1, 0.15) is 0 Å². The van der Waals surface area contributed by atoms with E-state index < -0.39 is 6.03 Å². The summed E-state index contributed by atoms with van der Waals surface area (Å²) in [5.41, 5.74) is 0. The van der Waals surface area contributed by atoms with Crippen molar-refractivity contribution in [3.8, 4) is 0 Å². The molecule has 0 aliphatic carbocycles. The number of nitrogens with zero attached hydrogens (tertiary/aromatic N) is 2. The van der Waals surface area contributed by atoms with Crippen LogP contribution in [0.3, 0.4) is 0 Å². The maximum absolute atomic E-state index is 9.85. The Morgan fingerprint density at radius 2 is 1.71 bits per heavy atom. The molecule has 0 saturated heterocycles. The molecule has 2 amide bonds. The van der Waals surface area contributed by atoms with Gasteiger partial charge in [-0.25, -0.2) is 4.79 Å². The molecule has 0 N–H and O–H groups in total. The first-order chi connectivity index (χ1) is 2.89. The van der Waals surface area contributed by atoms with Crippen molar-refractivity contribution >= 4 is 30.9 Å². The van der Waals surface area contributed by atoms with Crippen LogP contribution in [0.2, 0.25) is 0 Å². The number of amides is 2. The molecular weight excluding hydrogens is 115 g/mol. The molecule has 0 spiro atoms. The zero-order chi connectivity index (χ0) is 4.41. The van der Waals surface area contributed by atoms with E-state index in [2.05, 4.69) is 9.98 Å². The molecule has 0 fully saturated rings. The Morgan fingerprint density at radius 1 is 1.29 bits per heavy atom. The van der Waals surface area contributed by atoms with Crippen LogP contribution in [0.25, 0.3) is 0 Å². The minimum atomic E-state index is -0.407. The lowest BCUT2D eigenvalue weighted by Gasteiger charge is -1.62. The number of hydrogen-bond donors (Lipinski definition) is 0. The van der Waals surface area contributed by atoms with Crippen LogP contribution < -0.4 is 0 Å². The minimum absolute atomic E-state index is 0. The van der Waals surface area contributed by atoms with Crippen molar-refractivity contribution in [1.29, 1.82) is 0 Å². The van der Waals surface area contributed by atoms with Gasteiger partial charge in [0.2, 0.25) is 0 Å². The van der Waals surface area contributed by atoms with E-state index in [9.17, 15) is 4.79 Å². The van der Waals surface area contributed by atoms with Crippen LogP contribution in [-0.2, 0) is 0 Å². The molecule has 1 heterocycles. The first-order valence-corrected chi connectivity index (χ1v) is 1.50. The molecule has 38 valence electrons. The number of rotatable bonds is 0. The van der Waals surface area contributed by atoms with Gasteiger partial charge in [0.05, 0.1) is 12.4 Å². The van der Waals surface area contributed by atoms with Gasteiger partial charge in [0.15, 0.2) is 0 Å². The van der Waals surface area contributed by atoms with E-state index in [-0.39, 0.29) is 12.4 Å². The standard InChI is InChI=1S/C3H2N2O.ClH/c6-3-4-1-2-5-3;/h1-2H;1H. The van der Waals surface area contributed by atoms with E-state index >= 15 is 0 Å². The van der Waals surface area contributed by atoms with E-state index in [0.717, 1.165) is 0 Å². The maximum atomic E-state index is 9.85. The van der Waals surface area contributed by atoms with Crippen molar-refractivity contribution in [2.24, 2.45) is 9.98 Å². The van der Waals surface area contributed by atoms with Crippen LogP contribution in [0.5, 0.6) is 0 Å². The highest BCUT2D eigenvalue weighted by atomic mass is 35.5. The molecule has 3 nitrogen and oxygen atoms in total. The summed E-state index contributed by atoms with van der Waals surface area (Å²) in [6, 6.07) is -0.407. The lowest BCUT2D eigenvalue weighted by atomic mass is 10.9. The Kier molecular flexibility index (Phi) is 2.22. The highest BCUT2D eigenvalue weighted by Crippen LogP contribution is 1.81. The topological polar surface area (TPSA) is 41.8 Å². The Bertz CT molecular complexity index is 115. The van der Waals surface area contributed by atoms with Crippen molar-refractivity contribution in [3.63, 3.8) is 0 Å². The number of aliphatic imine (C=N–C) groups is 2. The Morgan fingerprint density at radius 3 is 1.86 bits per heavy atom. The molecule has 0 aromatic carbocycles. The summed E-state index contributed by atoms with van der Waals surface area (Å²) in [4.78, 5) is 16.3. The van der Waals surface area contributed by atoms with E-state index in [1.165, 1.54) is 12.4 Å². The van der Waals surface area contributed by atoms with Gasteiger partial charge in [0, 0.05) is 0 Å². The molecule has 0 atom stereocenters. The number of carbonyl (C=O) groups is 1. The van der Waals surface area contributed by atoms with Gasteiger partial charge < -0.3 is 0 Å². The Labute approximate surface area is 46.6 Å². The number of urea groups is 1. The molecule has 4 heteroatoms. The summed E-state index contributed by atoms with van der Waals surface area (Å²) in [7, 11) is 0. The van der Waals surface area contributed by atoms with Gasteiger partial charge >= 0.3 is 6.03 Å². The highest BCUT2D eigenvalue weighted by molar-refractivity contribution is 6.25. The number of halogens is 1. The molecule has 7 heavy (non-hydrogen) atoms. The normalized spacial score (nSPS) is 14.6. The lowest BCUT2D eigenvalue weighted by molar-refractivity contribution is 0.257. The number of carbonyl (C=O) groups excluding carboxylic acids is 1. The van der Waals surface area contributed by atoms with Crippen LogP contribution >= 0.6 is 12.4 Å². The fourth-order valence-corrected chi connectivity index (χ4v) is 0.228. The molecular formula is C3H3ClN2O. The van der Waals surface area contributed by atoms with Gasteiger partial charge in [-0.1, -0.05) is 0 Å². The fourth-order valence-electron chi connectivity index (χ4n) is 0.228. The van der Waals surface area contributed by atoms with E-state index in [1.54, 1.807) is 0 Å². The third-order valence-electron chi connectivity index (χ3n) is 0.437. The second-order valence-electron chi connectivity index (χ2n) is 0.839. The smallest absolute Gasteiger partial charge is 0.244 e. The first kappa shape index (κ1) is 6.30. The second kappa shape index (κ2) is 2.47. The van der Waals surface area contributed by atoms with E-state index in [4.69, 9.17) is 0 Å². The van der Waals surface area contributed by atoms with Crippen molar-refractivity contribution in [3.05, 3.63) is 0 Å². The van der Waals surface area contributed by atoms with Crippen LogP contribution in [0.15, 0.2) is 9.98 Å². The average Bonchev–Trinajstić information content (AvgIpc) is 1.86. The van der Waals surface area contributed by atoms with Crippen molar-refractivity contribution in [1.82, 2.24) is 0 Å². The molecule has 1 aliphatic heterocycles. The number of hydrogen-bond acceptors (Lipinski definition) is 1. The maximum Gasteiger partial charge on any atom is 0.367 e. The summed E-state index contributed by atoms with van der Waals surface area (Å²) < 4.78 is 0. The van der Waals surface area contributed by atoms with Gasteiger partial charge in [-0.2, -0.15) is 9.98 Å². The molecule has 0 radical (unpaired) electrons. The monoisotopic (exact) mass is 118 g/mol. The van der Waals surface area contributed by atoms with Gasteiger partial charge in [0.25, 0.3) is 0 Å². The Hall–Kier alpha value is -0.700. The zero-order valence-electron chi connectivity index (χ0n) is 3.37. The second-order valence-corrected chi connectivity index (χ2v) is 0.839. The van der Waals surface area contributed by atoms with Gasteiger partial charge in [-0.15, -0.1) is 12.4 Å². The van der Waals surface area contributed by atoms with Gasteiger partial charge in [-0.05, 0) is 0 Å². The van der Waals surface area contributed by atoms with E-state index in [1.807, 2.05) is 0 Å². The molecule has 1 rings (SSSR count). The minimum Gasteiger partial charge on any atom is -0.244 e. The molecule has 1 aliphatic rings. The summed E-state index contributed by atoms with van der Waals surface area (Å²) in [5, 5.41) is 0. The molecule has 0 aromatic rings. The molecule has 0 bridgehead atoms. The van der Waals surface area contributed by atoms with Gasteiger partial charge in [-0.3, -0.25) is 0 Å². The summed E-state index contributed by atoms with van der Waals surface area (Å²) in [5.74, 6) is 0. The average molecular weight is 119 g/mol. The lowest BCUT2D eigenvalue weighted by Crippen LogP contribution is -1.70. The highest BCUT2D eigenvalue weighted by Gasteiger charge is 1.91. The SMILES string of the molecule is Cl.O=C1N=CC=N1. The van der Waals surface area contributed by atoms with E-state index in [0.29, 0.717) is 0 Å². The predicted molar refractivity (Wildman–Crippen MR) is 29.6 cm³/mol. The Balaban J connectivity index is 0.000000360. The zero-order valence-corrected chi connectivity index (χ0v) is 4.18. The fraction of sp³-hybridized carbons (Fsp3) is 0. The third-order valence-corrected chi connectivity index (χ3v) is 0.437. The van der Waals surface area contributed by atoms with Crippen LogP contribution in [0.4, 0.5) is 4.79 Å². The molecule has 0 aromatic heterocycles. The van der Waals surface area contributed by atoms with Crippen LogP contribution in [-0.4, -0.2) is 18.5 Å². The van der Waals surface area contributed by atoms with Crippen molar-refractivity contribution < 1.29 is 4.79 Å². The predicted octanol–water partition coefficient (Wildman–Crippen LogP) is 0.683. The quantitative estimate of drug-likeness (QED) is 0.461. The molecule has 0 unspecified atom stereocenters.